The largest absolute Gasteiger partial charge is 0.469 e. The van der Waals surface area contributed by atoms with E-state index in [4.69, 9.17) is 0 Å². The van der Waals surface area contributed by atoms with Gasteiger partial charge in [-0.3, -0.25) is 15.0 Å². The van der Waals surface area contributed by atoms with E-state index >= 15 is 0 Å². The van der Waals surface area contributed by atoms with Crippen LogP contribution in [0.25, 0.3) is 0 Å². The molecule has 6 heteroatoms. The molecule has 6 nitrogen and oxygen atoms in total. The standard InChI is InChI=1S/C17H25N3O3/c1-4-20-16(12(2)11-19-20)13-6-5-7-14(10-13)17(22)18-9-8-15(21)23-3/h5-7,10,12,16,19H,4,8-9,11H2,1-3H3,(H,18,22). The Morgan fingerprint density at radius 2 is 2.22 bits per heavy atom. The fourth-order valence-corrected chi connectivity index (χ4v) is 2.94. The molecule has 2 N–H and O–H groups in total. The van der Waals surface area contributed by atoms with Crippen LogP contribution in [-0.2, 0) is 9.53 Å². The maximum Gasteiger partial charge on any atom is 0.307 e. The van der Waals surface area contributed by atoms with Gasteiger partial charge in [-0.15, -0.1) is 0 Å². The van der Waals surface area contributed by atoms with Crippen LogP contribution in [0.15, 0.2) is 24.3 Å². The van der Waals surface area contributed by atoms with Gasteiger partial charge in [-0.05, 0) is 23.6 Å². The number of nitrogens with zero attached hydrogens (tertiary/aromatic N) is 1. The number of carbonyl (C=O) groups excluding carboxylic acids is 2. The van der Waals surface area contributed by atoms with E-state index in [9.17, 15) is 9.59 Å². The fourth-order valence-electron chi connectivity index (χ4n) is 2.94. The van der Waals surface area contributed by atoms with Gasteiger partial charge in [0, 0.05) is 25.2 Å². The Morgan fingerprint density at radius 3 is 2.91 bits per heavy atom. The Morgan fingerprint density at radius 1 is 1.43 bits per heavy atom. The lowest BCUT2D eigenvalue weighted by Crippen LogP contribution is -2.33. The van der Waals surface area contributed by atoms with Gasteiger partial charge in [0.1, 0.15) is 0 Å². The molecule has 0 aromatic heterocycles. The predicted octanol–water partition coefficient (Wildman–Crippen LogP) is 1.50. The molecule has 0 bridgehead atoms. The van der Waals surface area contributed by atoms with Crippen molar-refractivity contribution in [3.63, 3.8) is 0 Å². The maximum atomic E-state index is 12.2. The number of ether oxygens (including phenoxy) is 1. The van der Waals surface area contributed by atoms with E-state index in [2.05, 4.69) is 40.4 Å². The molecule has 1 aliphatic rings. The highest BCUT2D eigenvalue weighted by atomic mass is 16.5. The van der Waals surface area contributed by atoms with Crippen LogP contribution in [0.5, 0.6) is 0 Å². The molecule has 2 unspecified atom stereocenters. The lowest BCUT2D eigenvalue weighted by molar-refractivity contribution is -0.140. The minimum Gasteiger partial charge on any atom is -0.469 e. The van der Waals surface area contributed by atoms with Gasteiger partial charge in [-0.25, -0.2) is 5.01 Å². The molecule has 126 valence electrons. The molecular weight excluding hydrogens is 294 g/mol. The van der Waals surface area contributed by atoms with E-state index in [0.717, 1.165) is 18.7 Å². The molecular formula is C17H25N3O3. The summed E-state index contributed by atoms with van der Waals surface area (Å²) in [7, 11) is 1.34. The van der Waals surface area contributed by atoms with Gasteiger partial charge in [0.15, 0.2) is 0 Å². The fraction of sp³-hybridized carbons (Fsp3) is 0.529. The summed E-state index contributed by atoms with van der Waals surface area (Å²) in [6.45, 7) is 6.44. The third-order valence-electron chi connectivity index (χ3n) is 4.16. The van der Waals surface area contributed by atoms with Crippen molar-refractivity contribution in [2.75, 3.05) is 26.7 Å². The average molecular weight is 319 g/mol. The van der Waals surface area contributed by atoms with Crippen molar-refractivity contribution >= 4 is 11.9 Å². The first-order valence-electron chi connectivity index (χ1n) is 8.02. The third kappa shape index (κ3) is 4.30. The molecule has 1 aromatic rings. The van der Waals surface area contributed by atoms with Crippen molar-refractivity contribution in [3.05, 3.63) is 35.4 Å². The number of methoxy groups -OCH3 is 1. The van der Waals surface area contributed by atoms with Crippen LogP contribution in [0.3, 0.4) is 0 Å². The zero-order chi connectivity index (χ0) is 16.8. The van der Waals surface area contributed by atoms with Crippen molar-refractivity contribution in [1.29, 1.82) is 0 Å². The van der Waals surface area contributed by atoms with E-state index in [1.165, 1.54) is 7.11 Å². The molecule has 1 aliphatic heterocycles. The van der Waals surface area contributed by atoms with E-state index in [1.807, 2.05) is 12.1 Å². The number of hydrazine groups is 1. The molecule has 1 amide bonds. The minimum atomic E-state index is -0.330. The Balaban J connectivity index is 2.04. The van der Waals surface area contributed by atoms with Crippen LogP contribution < -0.4 is 10.7 Å². The first kappa shape index (κ1) is 17.4. The van der Waals surface area contributed by atoms with Crippen LogP contribution in [-0.4, -0.2) is 43.6 Å². The zero-order valence-electron chi connectivity index (χ0n) is 14.0. The van der Waals surface area contributed by atoms with Crippen molar-refractivity contribution < 1.29 is 14.3 Å². The Bertz CT molecular complexity index is 562. The number of amides is 1. The summed E-state index contributed by atoms with van der Waals surface area (Å²) in [6, 6.07) is 7.96. The first-order chi connectivity index (χ1) is 11.1. The van der Waals surface area contributed by atoms with Crippen LogP contribution in [0.4, 0.5) is 0 Å². The van der Waals surface area contributed by atoms with Crippen LogP contribution in [0, 0.1) is 5.92 Å². The maximum absolute atomic E-state index is 12.2. The lowest BCUT2D eigenvalue weighted by atomic mass is 9.94. The number of nitrogens with one attached hydrogen (secondary N) is 2. The quantitative estimate of drug-likeness (QED) is 0.778. The Labute approximate surface area is 137 Å². The SMILES string of the molecule is CCN1NCC(C)C1c1cccc(C(=O)NCCC(=O)OC)c1. The third-order valence-corrected chi connectivity index (χ3v) is 4.16. The number of rotatable bonds is 6. The summed E-state index contributed by atoms with van der Waals surface area (Å²) in [5.74, 6) is -0.0199. The van der Waals surface area contributed by atoms with Crippen LogP contribution >= 0.6 is 0 Å². The topological polar surface area (TPSA) is 70.7 Å². The van der Waals surface area contributed by atoms with E-state index in [0.29, 0.717) is 11.5 Å². The molecule has 0 aliphatic carbocycles. The van der Waals surface area contributed by atoms with Gasteiger partial charge >= 0.3 is 5.97 Å². The number of hydrogen-bond acceptors (Lipinski definition) is 5. The molecule has 1 aromatic carbocycles. The number of hydrogen-bond donors (Lipinski definition) is 2. The molecule has 0 radical (unpaired) electrons. The summed E-state index contributed by atoms with van der Waals surface area (Å²) in [4.78, 5) is 23.3. The summed E-state index contributed by atoms with van der Waals surface area (Å²) >= 11 is 0. The summed E-state index contributed by atoms with van der Waals surface area (Å²) in [5.41, 5.74) is 5.13. The second kappa shape index (κ2) is 8.08. The number of benzene rings is 1. The van der Waals surface area contributed by atoms with Gasteiger partial charge < -0.3 is 10.1 Å². The van der Waals surface area contributed by atoms with Gasteiger partial charge in [0.05, 0.1) is 19.6 Å². The van der Waals surface area contributed by atoms with Gasteiger partial charge in [0.25, 0.3) is 5.91 Å². The molecule has 1 heterocycles. The molecule has 23 heavy (non-hydrogen) atoms. The van der Waals surface area contributed by atoms with Gasteiger partial charge in [-0.1, -0.05) is 26.0 Å². The normalized spacial score (nSPS) is 21.2. The van der Waals surface area contributed by atoms with Crippen molar-refractivity contribution in [2.45, 2.75) is 26.3 Å². The van der Waals surface area contributed by atoms with E-state index in [-0.39, 0.29) is 30.9 Å². The summed E-state index contributed by atoms with van der Waals surface area (Å²) in [6.07, 6.45) is 0.176. The highest BCUT2D eigenvalue weighted by Gasteiger charge is 2.31. The van der Waals surface area contributed by atoms with Crippen LogP contribution in [0.1, 0.15) is 42.2 Å². The van der Waals surface area contributed by atoms with Crippen molar-refractivity contribution in [3.8, 4) is 0 Å². The van der Waals surface area contributed by atoms with Gasteiger partial charge in [-0.2, -0.15) is 0 Å². The van der Waals surface area contributed by atoms with Gasteiger partial charge in [0.2, 0.25) is 0 Å². The monoisotopic (exact) mass is 319 g/mol. The van der Waals surface area contributed by atoms with E-state index < -0.39 is 0 Å². The Hall–Kier alpha value is -1.92. The van der Waals surface area contributed by atoms with E-state index in [1.54, 1.807) is 6.07 Å². The molecule has 2 rings (SSSR count). The second-order valence-corrected chi connectivity index (χ2v) is 5.78. The Kier molecular flexibility index (Phi) is 6.12. The number of esters is 1. The molecule has 0 spiro atoms. The first-order valence-corrected chi connectivity index (χ1v) is 8.02. The second-order valence-electron chi connectivity index (χ2n) is 5.78. The molecule has 1 saturated heterocycles. The highest BCUT2D eigenvalue weighted by Crippen LogP contribution is 2.31. The zero-order valence-corrected chi connectivity index (χ0v) is 14.0. The molecule has 0 saturated carbocycles. The van der Waals surface area contributed by atoms with Crippen molar-refractivity contribution in [2.24, 2.45) is 5.92 Å². The van der Waals surface area contributed by atoms with Crippen LogP contribution in [0.2, 0.25) is 0 Å². The molecule has 1 fully saturated rings. The predicted molar refractivity (Wildman–Crippen MR) is 87.7 cm³/mol. The number of carbonyl (C=O) groups is 2. The summed E-state index contributed by atoms with van der Waals surface area (Å²) < 4.78 is 4.56. The van der Waals surface area contributed by atoms with Crippen molar-refractivity contribution in [1.82, 2.24) is 15.8 Å². The molecule has 2 atom stereocenters. The minimum absolute atomic E-state index is 0.169. The lowest BCUT2D eigenvalue weighted by Gasteiger charge is -2.25. The average Bonchev–Trinajstić information content (AvgIpc) is 2.95. The summed E-state index contributed by atoms with van der Waals surface area (Å²) in [5, 5.41) is 4.96. The highest BCUT2D eigenvalue weighted by molar-refractivity contribution is 5.94. The smallest absolute Gasteiger partial charge is 0.307 e.